The van der Waals surface area contributed by atoms with E-state index in [1.54, 1.807) is 6.20 Å². The molecule has 1 atom stereocenters. The van der Waals surface area contributed by atoms with Crippen molar-refractivity contribution in [2.24, 2.45) is 5.41 Å². The van der Waals surface area contributed by atoms with E-state index in [2.05, 4.69) is 46.9 Å². The lowest BCUT2D eigenvalue weighted by Gasteiger charge is -2.58. The van der Waals surface area contributed by atoms with Gasteiger partial charge in [-0.25, -0.2) is 9.48 Å². The van der Waals surface area contributed by atoms with Gasteiger partial charge >= 0.3 is 6.09 Å². The summed E-state index contributed by atoms with van der Waals surface area (Å²) in [6.07, 6.45) is 8.36. The van der Waals surface area contributed by atoms with Crippen LogP contribution >= 0.6 is 11.6 Å². The number of halogens is 1. The van der Waals surface area contributed by atoms with Crippen LogP contribution in [0.2, 0.25) is 5.02 Å². The first kappa shape index (κ1) is 30.3. The minimum absolute atomic E-state index is 0.0894. The van der Waals surface area contributed by atoms with Gasteiger partial charge < -0.3 is 14.4 Å². The molecule has 3 fully saturated rings. The molecule has 11 heteroatoms. The molecule has 0 N–H and O–H groups in total. The van der Waals surface area contributed by atoms with Crippen LogP contribution in [0.25, 0.3) is 44.2 Å². The molecule has 3 aromatic heterocycles. The van der Waals surface area contributed by atoms with Gasteiger partial charge in [-0.05, 0) is 96.6 Å². The summed E-state index contributed by atoms with van der Waals surface area (Å²) in [5.41, 5.74) is 7.33. The Morgan fingerprint density at radius 3 is 2.62 bits per heavy atom. The molecule has 0 radical (unpaired) electrons. The molecule has 1 amide bonds. The van der Waals surface area contributed by atoms with Gasteiger partial charge in [-0.3, -0.25) is 4.68 Å². The van der Waals surface area contributed by atoms with Crippen molar-refractivity contribution in [3.8, 4) is 22.4 Å². The maximum Gasteiger partial charge on any atom is 0.410 e. The monoisotopic (exact) mass is 653 g/mol. The van der Waals surface area contributed by atoms with Gasteiger partial charge in [-0.2, -0.15) is 20.4 Å². The van der Waals surface area contributed by atoms with Gasteiger partial charge in [0.2, 0.25) is 0 Å². The number of aryl methyl sites for hydroxylation is 1. The first-order valence-electron chi connectivity index (χ1n) is 16.6. The molecule has 2 aromatic carbocycles. The first-order chi connectivity index (χ1) is 22.5. The molecule has 2 saturated heterocycles. The van der Waals surface area contributed by atoms with Crippen LogP contribution in [-0.2, 0) is 9.47 Å². The molecule has 47 heavy (non-hydrogen) atoms. The van der Waals surface area contributed by atoms with Crippen molar-refractivity contribution in [2.75, 3.05) is 19.7 Å². The van der Waals surface area contributed by atoms with E-state index in [9.17, 15) is 4.79 Å². The molecular formula is C36H40ClN7O3. The number of aromatic nitrogens is 6. The summed E-state index contributed by atoms with van der Waals surface area (Å²) in [4.78, 5) is 14.5. The van der Waals surface area contributed by atoms with Gasteiger partial charge in [-0.1, -0.05) is 17.7 Å². The van der Waals surface area contributed by atoms with Crippen molar-refractivity contribution in [3.63, 3.8) is 0 Å². The zero-order valence-electron chi connectivity index (χ0n) is 27.6. The van der Waals surface area contributed by atoms with Gasteiger partial charge in [0.15, 0.2) is 6.23 Å². The third-order valence-electron chi connectivity index (χ3n) is 10.0. The minimum atomic E-state index is -0.501. The van der Waals surface area contributed by atoms with Crippen LogP contribution in [0.1, 0.15) is 76.4 Å². The number of likely N-dealkylation sites (tertiary alicyclic amines) is 1. The van der Waals surface area contributed by atoms with Crippen LogP contribution in [-0.4, -0.2) is 66.0 Å². The summed E-state index contributed by atoms with van der Waals surface area (Å²) in [5, 5.41) is 21.3. The number of hydrogen-bond donors (Lipinski definition) is 0. The van der Waals surface area contributed by atoms with Gasteiger partial charge in [-0.15, -0.1) is 0 Å². The molecule has 1 spiro atoms. The summed E-state index contributed by atoms with van der Waals surface area (Å²) < 4.78 is 16.0. The Bertz CT molecular complexity index is 2020. The van der Waals surface area contributed by atoms with Crippen molar-refractivity contribution < 1.29 is 14.3 Å². The lowest BCUT2D eigenvalue weighted by Crippen LogP contribution is -2.64. The molecule has 8 rings (SSSR count). The van der Waals surface area contributed by atoms with E-state index in [0.29, 0.717) is 5.02 Å². The highest BCUT2D eigenvalue weighted by molar-refractivity contribution is 6.36. The highest BCUT2D eigenvalue weighted by Gasteiger charge is 2.55. The number of amides is 1. The number of carbonyl (C=O) groups is 1. The molecule has 1 aliphatic carbocycles. The van der Waals surface area contributed by atoms with Gasteiger partial charge in [0.25, 0.3) is 0 Å². The predicted octanol–water partition coefficient (Wildman–Crippen LogP) is 8.05. The fraction of sp³-hybridized carbons (Fsp3) is 0.472. The standard InChI is InChI=1S/C36H40ClN7O3/c1-21-14-28-26(18-39-44(28)29-8-6-7-13-46-29)31(32(21)37)30-22(2)43(41-33(30)24-9-10-27-23(15-24)11-12-38-40-27)25-16-36(17-25)19-42(20-36)34(45)47-35(3,4)5/h9-12,14-15,18,25,29H,6-8,13,16-17,19-20H2,1-5H3. The summed E-state index contributed by atoms with van der Waals surface area (Å²) in [5.74, 6) is 0. The average Bonchev–Trinajstić information content (AvgIpc) is 3.57. The van der Waals surface area contributed by atoms with Gasteiger partial charge in [0.05, 0.1) is 34.5 Å². The molecule has 10 nitrogen and oxygen atoms in total. The Hall–Kier alpha value is -4.02. The highest BCUT2D eigenvalue weighted by Crippen LogP contribution is 2.56. The third kappa shape index (κ3) is 5.17. The minimum Gasteiger partial charge on any atom is -0.444 e. The summed E-state index contributed by atoms with van der Waals surface area (Å²) >= 11 is 7.26. The Balaban J connectivity index is 1.21. The Labute approximate surface area is 279 Å². The molecule has 2 aliphatic heterocycles. The van der Waals surface area contributed by atoms with Crippen molar-refractivity contribution >= 4 is 39.5 Å². The van der Waals surface area contributed by atoms with Crippen molar-refractivity contribution in [1.82, 2.24) is 34.7 Å². The van der Waals surface area contributed by atoms with E-state index < -0.39 is 5.60 Å². The summed E-state index contributed by atoms with van der Waals surface area (Å²) in [7, 11) is 0. The van der Waals surface area contributed by atoms with Gasteiger partial charge in [0, 0.05) is 58.3 Å². The third-order valence-corrected chi connectivity index (χ3v) is 10.5. The Morgan fingerprint density at radius 1 is 1.06 bits per heavy atom. The van der Waals surface area contributed by atoms with Crippen LogP contribution < -0.4 is 0 Å². The Kier molecular flexibility index (Phi) is 7.11. The number of rotatable bonds is 4. The second-order valence-electron chi connectivity index (χ2n) is 14.7. The van der Waals surface area contributed by atoms with Crippen LogP contribution in [0.15, 0.2) is 42.7 Å². The highest BCUT2D eigenvalue weighted by atomic mass is 35.5. The number of benzene rings is 2. The molecule has 1 unspecified atom stereocenters. The average molecular weight is 654 g/mol. The molecule has 244 valence electrons. The zero-order chi connectivity index (χ0) is 32.7. The fourth-order valence-corrected chi connectivity index (χ4v) is 8.03. The van der Waals surface area contributed by atoms with E-state index in [1.807, 2.05) is 48.7 Å². The predicted molar refractivity (Wildman–Crippen MR) is 181 cm³/mol. The normalized spacial score (nSPS) is 19.7. The van der Waals surface area contributed by atoms with Crippen molar-refractivity contribution in [3.05, 3.63) is 59.0 Å². The number of carbonyl (C=O) groups excluding carboxylic acids is 1. The number of fused-ring (bicyclic) bond motifs is 2. The van der Waals surface area contributed by atoms with E-state index in [1.165, 1.54) is 0 Å². The molecule has 0 bridgehead atoms. The molecule has 5 aromatic rings. The van der Waals surface area contributed by atoms with Crippen LogP contribution in [0.4, 0.5) is 4.79 Å². The summed E-state index contributed by atoms with van der Waals surface area (Å²) in [6.45, 7) is 12.1. The van der Waals surface area contributed by atoms with Gasteiger partial charge in [0.1, 0.15) is 11.3 Å². The maximum atomic E-state index is 12.6. The molecule has 3 aliphatic rings. The topological polar surface area (TPSA) is 100 Å². The number of nitrogens with zero attached hydrogens (tertiary/aromatic N) is 7. The van der Waals surface area contributed by atoms with Crippen LogP contribution in [0.5, 0.6) is 0 Å². The van der Waals surface area contributed by atoms with Crippen LogP contribution in [0, 0.1) is 19.3 Å². The largest absolute Gasteiger partial charge is 0.444 e. The number of hydrogen-bond acceptors (Lipinski definition) is 7. The molecule has 5 heterocycles. The lowest BCUT2D eigenvalue weighted by atomic mass is 9.61. The van der Waals surface area contributed by atoms with E-state index in [-0.39, 0.29) is 23.8 Å². The van der Waals surface area contributed by atoms with E-state index >= 15 is 0 Å². The zero-order valence-corrected chi connectivity index (χ0v) is 28.3. The molecule has 1 saturated carbocycles. The second kappa shape index (κ2) is 11.0. The quantitative estimate of drug-likeness (QED) is 0.193. The second-order valence-corrected chi connectivity index (χ2v) is 15.1. The Morgan fingerprint density at radius 2 is 1.87 bits per heavy atom. The fourth-order valence-electron chi connectivity index (χ4n) is 7.78. The SMILES string of the molecule is Cc1cc2c(cnn2C2CCCCO2)c(-c2c(-c3ccc4nnccc4c3)nn(C3CC4(C3)CN(C(=O)OC(C)(C)C)C4)c2C)c1Cl. The van der Waals surface area contributed by atoms with E-state index in [0.717, 1.165) is 107 Å². The molecular weight excluding hydrogens is 614 g/mol. The van der Waals surface area contributed by atoms with Crippen molar-refractivity contribution in [1.29, 1.82) is 0 Å². The first-order valence-corrected chi connectivity index (χ1v) is 17.0. The summed E-state index contributed by atoms with van der Waals surface area (Å²) in [6, 6.07) is 10.5. The van der Waals surface area contributed by atoms with E-state index in [4.69, 9.17) is 31.3 Å². The van der Waals surface area contributed by atoms with Crippen LogP contribution in [0.3, 0.4) is 0 Å². The number of ether oxygens (including phenoxy) is 2. The lowest BCUT2D eigenvalue weighted by molar-refractivity contribution is -0.0930. The maximum absolute atomic E-state index is 12.6. The smallest absolute Gasteiger partial charge is 0.410 e. The van der Waals surface area contributed by atoms with Crippen molar-refractivity contribution in [2.45, 2.75) is 84.6 Å².